The van der Waals surface area contributed by atoms with Gasteiger partial charge in [0, 0.05) is 0 Å². The van der Waals surface area contributed by atoms with Gasteiger partial charge in [0.15, 0.2) is 0 Å². The zero-order valence-corrected chi connectivity index (χ0v) is 11.7. The number of nitrogens with one attached hydrogen (secondary N) is 1. The molecule has 0 aromatic carbocycles. The van der Waals surface area contributed by atoms with Gasteiger partial charge in [-0.2, -0.15) is 5.10 Å². The Hall–Kier alpha value is -0.900. The minimum absolute atomic E-state index is 0.574. The third kappa shape index (κ3) is 3.10. The Bertz CT molecular complexity index is 347. The Morgan fingerprint density at radius 3 is 2.94 bits per heavy atom. The second-order valence-corrected chi connectivity index (χ2v) is 5.32. The Morgan fingerprint density at radius 2 is 2.17 bits per heavy atom. The van der Waals surface area contributed by atoms with Crippen molar-refractivity contribution in [1.29, 1.82) is 0 Å². The Kier molecular flexibility index (Phi) is 5.17. The molecule has 4 nitrogen and oxygen atoms in total. The van der Waals surface area contributed by atoms with Crippen LogP contribution < -0.4 is 5.32 Å². The molecule has 102 valence electrons. The van der Waals surface area contributed by atoms with Crippen molar-refractivity contribution in [2.24, 2.45) is 5.92 Å². The smallest absolute Gasteiger partial charge is 0.141 e. The van der Waals surface area contributed by atoms with Crippen molar-refractivity contribution in [3.8, 4) is 0 Å². The van der Waals surface area contributed by atoms with E-state index < -0.39 is 0 Å². The molecule has 0 saturated heterocycles. The van der Waals surface area contributed by atoms with Gasteiger partial charge in [0.05, 0.1) is 12.6 Å². The standard InChI is InChI=1S/C14H26N4/c1-3-9-15-10-14-16-11-17-18(14)13-8-6-5-7-12(13)4-2/h11-13,15H,3-10H2,1-2H3. The molecule has 0 amide bonds. The lowest BCUT2D eigenvalue weighted by molar-refractivity contribution is 0.211. The number of hydrogen-bond acceptors (Lipinski definition) is 3. The molecule has 4 heteroatoms. The Labute approximate surface area is 110 Å². The quantitative estimate of drug-likeness (QED) is 0.789. The lowest BCUT2D eigenvalue weighted by atomic mass is 9.83. The van der Waals surface area contributed by atoms with Gasteiger partial charge in [-0.3, -0.25) is 0 Å². The highest BCUT2D eigenvalue weighted by Gasteiger charge is 2.27. The minimum atomic E-state index is 0.574. The average molecular weight is 250 g/mol. The van der Waals surface area contributed by atoms with Gasteiger partial charge < -0.3 is 5.32 Å². The van der Waals surface area contributed by atoms with Crippen LogP contribution in [0.5, 0.6) is 0 Å². The van der Waals surface area contributed by atoms with Crippen molar-refractivity contribution in [3.63, 3.8) is 0 Å². The summed E-state index contributed by atoms with van der Waals surface area (Å²) in [5.74, 6) is 1.89. The van der Waals surface area contributed by atoms with Crippen molar-refractivity contribution in [1.82, 2.24) is 20.1 Å². The topological polar surface area (TPSA) is 42.7 Å². The van der Waals surface area contributed by atoms with Crippen LogP contribution in [0.25, 0.3) is 0 Å². The number of rotatable bonds is 6. The molecule has 1 aliphatic carbocycles. The molecule has 2 unspecified atom stereocenters. The van der Waals surface area contributed by atoms with Crippen LogP contribution in [0.1, 0.15) is 64.2 Å². The first-order chi connectivity index (χ1) is 8.86. The summed E-state index contributed by atoms with van der Waals surface area (Å²) in [6.07, 6.45) is 9.47. The normalized spacial score (nSPS) is 24.3. The van der Waals surface area contributed by atoms with E-state index in [0.29, 0.717) is 6.04 Å². The van der Waals surface area contributed by atoms with Gasteiger partial charge in [-0.1, -0.05) is 33.1 Å². The van der Waals surface area contributed by atoms with Crippen molar-refractivity contribution in [2.75, 3.05) is 6.54 Å². The molecular weight excluding hydrogens is 224 g/mol. The van der Waals surface area contributed by atoms with Gasteiger partial charge in [-0.25, -0.2) is 9.67 Å². The SMILES string of the molecule is CCCNCc1ncnn1C1CCCCC1CC. The minimum Gasteiger partial charge on any atom is -0.310 e. The van der Waals surface area contributed by atoms with Crippen LogP contribution in [0.3, 0.4) is 0 Å². The first kappa shape index (κ1) is 13.5. The van der Waals surface area contributed by atoms with Crippen LogP contribution in [-0.2, 0) is 6.54 Å². The predicted molar refractivity (Wildman–Crippen MR) is 73.3 cm³/mol. The average Bonchev–Trinajstić information content (AvgIpc) is 2.87. The first-order valence-corrected chi connectivity index (χ1v) is 7.45. The lowest BCUT2D eigenvalue weighted by Crippen LogP contribution is -2.27. The Morgan fingerprint density at radius 1 is 1.33 bits per heavy atom. The fraction of sp³-hybridized carbons (Fsp3) is 0.857. The summed E-state index contributed by atoms with van der Waals surface area (Å²) >= 11 is 0. The van der Waals surface area contributed by atoms with Gasteiger partial charge >= 0.3 is 0 Å². The fourth-order valence-corrected chi connectivity index (χ4v) is 3.04. The second kappa shape index (κ2) is 6.88. The third-order valence-corrected chi connectivity index (χ3v) is 4.06. The molecule has 2 atom stereocenters. The molecule has 1 aliphatic rings. The van der Waals surface area contributed by atoms with Gasteiger partial charge in [0.1, 0.15) is 12.2 Å². The van der Waals surface area contributed by atoms with Crippen LogP contribution in [0, 0.1) is 5.92 Å². The largest absolute Gasteiger partial charge is 0.310 e. The lowest BCUT2D eigenvalue weighted by Gasteiger charge is -2.31. The van der Waals surface area contributed by atoms with Crippen molar-refractivity contribution in [2.45, 2.75) is 65.0 Å². The highest BCUT2D eigenvalue weighted by Crippen LogP contribution is 2.35. The molecule has 1 N–H and O–H groups in total. The van der Waals surface area contributed by atoms with Crippen LogP contribution in [-0.4, -0.2) is 21.3 Å². The van der Waals surface area contributed by atoms with Crippen LogP contribution in [0.15, 0.2) is 6.33 Å². The van der Waals surface area contributed by atoms with E-state index in [0.717, 1.165) is 31.3 Å². The van der Waals surface area contributed by atoms with Gasteiger partial charge in [-0.05, 0) is 31.7 Å². The van der Waals surface area contributed by atoms with E-state index in [1.807, 2.05) is 0 Å². The first-order valence-electron chi connectivity index (χ1n) is 7.45. The van der Waals surface area contributed by atoms with Crippen LogP contribution in [0.2, 0.25) is 0 Å². The number of hydrogen-bond donors (Lipinski definition) is 1. The summed E-state index contributed by atoms with van der Waals surface area (Å²) in [7, 11) is 0. The molecule has 0 aliphatic heterocycles. The predicted octanol–water partition coefficient (Wildman–Crippen LogP) is 2.92. The van der Waals surface area contributed by atoms with E-state index in [-0.39, 0.29) is 0 Å². The van der Waals surface area contributed by atoms with E-state index in [9.17, 15) is 0 Å². The summed E-state index contributed by atoms with van der Waals surface area (Å²) in [5, 5.41) is 7.91. The zero-order valence-electron chi connectivity index (χ0n) is 11.7. The maximum Gasteiger partial charge on any atom is 0.141 e. The molecule has 0 radical (unpaired) electrons. The molecular formula is C14H26N4. The summed E-state index contributed by atoms with van der Waals surface area (Å²) in [6, 6.07) is 0.574. The number of nitrogens with zero attached hydrogens (tertiary/aromatic N) is 3. The highest BCUT2D eigenvalue weighted by molar-refractivity contribution is 4.90. The van der Waals surface area contributed by atoms with Gasteiger partial charge in [-0.15, -0.1) is 0 Å². The molecule has 18 heavy (non-hydrogen) atoms. The molecule has 1 fully saturated rings. The van der Waals surface area contributed by atoms with Gasteiger partial charge in [0.25, 0.3) is 0 Å². The summed E-state index contributed by atoms with van der Waals surface area (Å²) in [4.78, 5) is 4.42. The van der Waals surface area contributed by atoms with E-state index in [1.165, 1.54) is 32.1 Å². The van der Waals surface area contributed by atoms with Crippen molar-refractivity contribution >= 4 is 0 Å². The maximum absolute atomic E-state index is 4.48. The molecule has 2 rings (SSSR count). The molecule has 1 aromatic rings. The van der Waals surface area contributed by atoms with Crippen molar-refractivity contribution in [3.05, 3.63) is 12.2 Å². The molecule has 1 saturated carbocycles. The molecule has 0 spiro atoms. The van der Waals surface area contributed by atoms with Gasteiger partial charge in [0.2, 0.25) is 0 Å². The zero-order chi connectivity index (χ0) is 12.8. The highest BCUT2D eigenvalue weighted by atomic mass is 15.4. The molecule has 1 aromatic heterocycles. The Balaban J connectivity index is 2.04. The van der Waals surface area contributed by atoms with Crippen molar-refractivity contribution < 1.29 is 0 Å². The van der Waals surface area contributed by atoms with E-state index >= 15 is 0 Å². The second-order valence-electron chi connectivity index (χ2n) is 5.32. The van der Waals surface area contributed by atoms with E-state index in [2.05, 4.69) is 33.9 Å². The summed E-state index contributed by atoms with van der Waals surface area (Å²) in [5.41, 5.74) is 0. The van der Waals surface area contributed by atoms with E-state index in [1.54, 1.807) is 6.33 Å². The summed E-state index contributed by atoms with van der Waals surface area (Å²) < 4.78 is 2.19. The van der Waals surface area contributed by atoms with Crippen LogP contribution >= 0.6 is 0 Å². The summed E-state index contributed by atoms with van der Waals surface area (Å²) in [6.45, 7) is 6.39. The monoisotopic (exact) mass is 250 g/mol. The maximum atomic E-state index is 4.48. The van der Waals surface area contributed by atoms with Crippen LogP contribution in [0.4, 0.5) is 0 Å². The fourth-order valence-electron chi connectivity index (χ4n) is 3.04. The third-order valence-electron chi connectivity index (χ3n) is 4.06. The van der Waals surface area contributed by atoms with E-state index in [4.69, 9.17) is 0 Å². The number of aromatic nitrogens is 3. The molecule has 0 bridgehead atoms. The molecule has 1 heterocycles.